The van der Waals surface area contributed by atoms with Gasteiger partial charge in [-0.2, -0.15) is 0 Å². The fourth-order valence-electron chi connectivity index (χ4n) is 1.59. The summed E-state index contributed by atoms with van der Waals surface area (Å²) >= 11 is 5.04. The first-order valence-electron chi connectivity index (χ1n) is 5.68. The number of hydrogen-bond donors (Lipinski definition) is 1. The first-order chi connectivity index (χ1) is 8.63. The molecule has 0 unspecified atom stereocenters. The molecule has 0 spiro atoms. The summed E-state index contributed by atoms with van der Waals surface area (Å²) in [4.78, 5) is 12.9. The molecule has 0 bridgehead atoms. The minimum atomic E-state index is 0.0587. The number of halogens is 1. The van der Waals surface area contributed by atoms with Crippen LogP contribution in [0, 0.1) is 6.92 Å². The van der Waals surface area contributed by atoms with Gasteiger partial charge in [0.05, 0.1) is 13.0 Å². The van der Waals surface area contributed by atoms with E-state index >= 15 is 0 Å². The minimum absolute atomic E-state index is 0.0587. The number of amides is 1. The van der Waals surface area contributed by atoms with Gasteiger partial charge in [-0.25, -0.2) is 0 Å². The quantitative estimate of drug-likeness (QED) is 0.913. The highest BCUT2D eigenvalue weighted by Gasteiger charge is 2.04. The van der Waals surface area contributed by atoms with Crippen molar-refractivity contribution in [3.63, 3.8) is 0 Å². The van der Waals surface area contributed by atoms with Gasteiger partial charge >= 0.3 is 0 Å². The predicted octanol–water partition coefficient (Wildman–Crippen LogP) is 3.68. The molecule has 1 aromatic heterocycles. The predicted molar refractivity (Wildman–Crippen MR) is 78.7 cm³/mol. The van der Waals surface area contributed by atoms with Crippen LogP contribution in [0.15, 0.2) is 40.2 Å². The third kappa shape index (κ3) is 3.96. The van der Waals surface area contributed by atoms with E-state index in [0.717, 1.165) is 14.9 Å². The molecule has 1 N–H and O–H groups in total. The topological polar surface area (TPSA) is 29.1 Å². The molecule has 0 radical (unpaired) electrons. The maximum atomic E-state index is 11.8. The first kappa shape index (κ1) is 13.3. The molecule has 0 fully saturated rings. The highest BCUT2D eigenvalue weighted by Crippen LogP contribution is 2.19. The molecule has 0 atom stereocenters. The van der Waals surface area contributed by atoms with Crippen molar-refractivity contribution in [2.24, 2.45) is 0 Å². The van der Waals surface area contributed by atoms with E-state index < -0.39 is 0 Å². The molecule has 1 aromatic carbocycles. The smallest absolute Gasteiger partial charge is 0.224 e. The summed E-state index contributed by atoms with van der Waals surface area (Å²) in [7, 11) is 0. The van der Waals surface area contributed by atoms with Gasteiger partial charge in [-0.15, -0.1) is 11.3 Å². The molecule has 0 saturated heterocycles. The summed E-state index contributed by atoms with van der Waals surface area (Å²) in [6.45, 7) is 2.64. The lowest BCUT2D eigenvalue weighted by atomic mass is 10.1. The molecule has 2 aromatic rings. The van der Waals surface area contributed by atoms with Crippen LogP contribution < -0.4 is 5.32 Å². The molecule has 4 heteroatoms. The number of nitrogens with one attached hydrogen (secondary N) is 1. The zero-order chi connectivity index (χ0) is 13.0. The molecule has 2 rings (SSSR count). The minimum Gasteiger partial charge on any atom is -0.351 e. The van der Waals surface area contributed by atoms with Gasteiger partial charge in [0, 0.05) is 14.7 Å². The Hall–Kier alpha value is -1.13. The summed E-state index contributed by atoms with van der Waals surface area (Å²) in [5.74, 6) is 0.0587. The van der Waals surface area contributed by atoms with Crippen molar-refractivity contribution in [2.75, 3.05) is 0 Å². The SMILES string of the molecule is Cc1ccc(CC(=O)NCc2cc(Br)cs2)cc1. The summed E-state index contributed by atoms with van der Waals surface area (Å²) < 4.78 is 1.07. The molecule has 1 heterocycles. The van der Waals surface area contributed by atoms with Gasteiger partial charge in [0.1, 0.15) is 0 Å². The Morgan fingerprint density at radius 1 is 1.33 bits per heavy atom. The Morgan fingerprint density at radius 3 is 2.67 bits per heavy atom. The first-order valence-corrected chi connectivity index (χ1v) is 7.36. The second kappa shape index (κ2) is 6.16. The molecular formula is C14H14BrNOS. The van der Waals surface area contributed by atoms with E-state index in [0.29, 0.717) is 13.0 Å². The fraction of sp³-hybridized carbons (Fsp3) is 0.214. The molecule has 0 aliphatic carbocycles. The Kier molecular flexibility index (Phi) is 4.55. The molecule has 0 saturated carbocycles. The van der Waals surface area contributed by atoms with E-state index in [2.05, 4.69) is 21.2 Å². The van der Waals surface area contributed by atoms with Gasteiger partial charge in [-0.3, -0.25) is 4.79 Å². The zero-order valence-corrected chi connectivity index (χ0v) is 12.5. The lowest BCUT2D eigenvalue weighted by Crippen LogP contribution is -2.24. The van der Waals surface area contributed by atoms with Crippen molar-refractivity contribution in [2.45, 2.75) is 19.9 Å². The van der Waals surface area contributed by atoms with E-state index in [1.54, 1.807) is 11.3 Å². The molecule has 0 aliphatic heterocycles. The second-order valence-electron chi connectivity index (χ2n) is 4.17. The standard InChI is InChI=1S/C14H14BrNOS/c1-10-2-4-11(5-3-10)6-14(17)16-8-13-7-12(15)9-18-13/h2-5,7,9H,6,8H2,1H3,(H,16,17). The van der Waals surface area contributed by atoms with E-state index in [-0.39, 0.29) is 5.91 Å². The number of thiophene rings is 1. The summed E-state index contributed by atoms with van der Waals surface area (Å²) in [6, 6.07) is 10.1. The Bertz CT molecular complexity index is 533. The van der Waals surface area contributed by atoms with Crippen LogP contribution in [0.5, 0.6) is 0 Å². The van der Waals surface area contributed by atoms with Crippen LogP contribution in [-0.4, -0.2) is 5.91 Å². The van der Waals surface area contributed by atoms with Crippen LogP contribution in [-0.2, 0) is 17.8 Å². The number of benzene rings is 1. The van der Waals surface area contributed by atoms with Crippen LogP contribution in [0.25, 0.3) is 0 Å². The molecule has 1 amide bonds. The normalized spacial score (nSPS) is 10.3. The van der Waals surface area contributed by atoms with Crippen LogP contribution >= 0.6 is 27.3 Å². The second-order valence-corrected chi connectivity index (χ2v) is 6.08. The molecule has 0 aliphatic rings. The van der Waals surface area contributed by atoms with Crippen molar-refractivity contribution in [1.82, 2.24) is 5.32 Å². The van der Waals surface area contributed by atoms with Crippen LogP contribution in [0.2, 0.25) is 0 Å². The van der Waals surface area contributed by atoms with Gasteiger partial charge < -0.3 is 5.32 Å². The highest BCUT2D eigenvalue weighted by molar-refractivity contribution is 9.10. The lowest BCUT2D eigenvalue weighted by Gasteiger charge is -2.04. The van der Waals surface area contributed by atoms with Gasteiger partial charge in [-0.05, 0) is 34.5 Å². The van der Waals surface area contributed by atoms with E-state index in [1.807, 2.05) is 42.6 Å². The van der Waals surface area contributed by atoms with Gasteiger partial charge in [0.2, 0.25) is 5.91 Å². The third-order valence-electron chi connectivity index (χ3n) is 2.57. The number of rotatable bonds is 4. The van der Waals surface area contributed by atoms with Crippen molar-refractivity contribution in [3.8, 4) is 0 Å². The molecule has 2 nitrogen and oxygen atoms in total. The largest absolute Gasteiger partial charge is 0.351 e. The van der Waals surface area contributed by atoms with Gasteiger partial charge in [-0.1, -0.05) is 29.8 Å². The Balaban J connectivity index is 1.83. The van der Waals surface area contributed by atoms with E-state index in [1.165, 1.54) is 5.56 Å². The number of carbonyl (C=O) groups is 1. The van der Waals surface area contributed by atoms with E-state index in [4.69, 9.17) is 0 Å². The monoisotopic (exact) mass is 323 g/mol. The number of aryl methyl sites for hydroxylation is 1. The Morgan fingerprint density at radius 2 is 2.06 bits per heavy atom. The van der Waals surface area contributed by atoms with Crippen molar-refractivity contribution < 1.29 is 4.79 Å². The van der Waals surface area contributed by atoms with E-state index in [9.17, 15) is 4.79 Å². The Labute approximate surface area is 119 Å². The zero-order valence-electron chi connectivity index (χ0n) is 10.1. The van der Waals surface area contributed by atoms with Crippen LogP contribution in [0.4, 0.5) is 0 Å². The summed E-state index contributed by atoms with van der Waals surface area (Å²) in [6.07, 6.45) is 0.437. The lowest BCUT2D eigenvalue weighted by molar-refractivity contribution is -0.120. The van der Waals surface area contributed by atoms with Crippen LogP contribution in [0.3, 0.4) is 0 Å². The maximum Gasteiger partial charge on any atom is 0.224 e. The number of carbonyl (C=O) groups excluding carboxylic acids is 1. The molecular weight excluding hydrogens is 310 g/mol. The van der Waals surface area contributed by atoms with Crippen molar-refractivity contribution in [1.29, 1.82) is 0 Å². The maximum absolute atomic E-state index is 11.8. The van der Waals surface area contributed by atoms with Gasteiger partial charge in [0.25, 0.3) is 0 Å². The fourth-order valence-corrected chi connectivity index (χ4v) is 2.98. The summed E-state index contributed by atoms with van der Waals surface area (Å²) in [5.41, 5.74) is 2.26. The van der Waals surface area contributed by atoms with Crippen LogP contribution in [0.1, 0.15) is 16.0 Å². The summed E-state index contributed by atoms with van der Waals surface area (Å²) in [5, 5.41) is 4.94. The molecule has 18 heavy (non-hydrogen) atoms. The molecule has 94 valence electrons. The highest BCUT2D eigenvalue weighted by atomic mass is 79.9. The average Bonchev–Trinajstić information content (AvgIpc) is 2.76. The van der Waals surface area contributed by atoms with Crippen molar-refractivity contribution in [3.05, 3.63) is 56.2 Å². The number of hydrogen-bond acceptors (Lipinski definition) is 2. The average molecular weight is 324 g/mol. The third-order valence-corrected chi connectivity index (χ3v) is 4.26. The van der Waals surface area contributed by atoms with Crippen molar-refractivity contribution >= 4 is 33.2 Å². The van der Waals surface area contributed by atoms with Gasteiger partial charge in [0.15, 0.2) is 0 Å².